The molecule has 2 N–H and O–H groups in total. The van der Waals surface area contributed by atoms with Crippen LogP contribution in [0.3, 0.4) is 0 Å². The molecule has 0 aliphatic carbocycles. The third kappa shape index (κ3) is 7.38. The molecule has 22 heavy (non-hydrogen) atoms. The van der Waals surface area contributed by atoms with Gasteiger partial charge in [0.1, 0.15) is 12.6 Å². The zero-order valence-corrected chi connectivity index (χ0v) is 14.2. The lowest BCUT2D eigenvalue weighted by Crippen LogP contribution is -2.35. The summed E-state index contributed by atoms with van der Waals surface area (Å²) in [5, 5.41) is 14.0. The van der Waals surface area contributed by atoms with Gasteiger partial charge in [-0.2, -0.15) is 0 Å². The molecule has 1 aromatic rings. The molecule has 0 bridgehead atoms. The standard InChI is InChI=1S/C16H25NO4S/c1-17-15(10-9-14(18)12-22(2,3)20)16(19)21-11-13-7-5-4-6-8-13/h4-8,12,15,17-18,22H,9-11H2,1-3H3/b14-12-/t15-/m0/s1. The summed E-state index contributed by atoms with van der Waals surface area (Å²) >= 11 is 0. The van der Waals surface area contributed by atoms with Crippen LogP contribution in [0.1, 0.15) is 18.4 Å². The summed E-state index contributed by atoms with van der Waals surface area (Å²) in [7, 11) is -0.749. The molecule has 6 heteroatoms. The van der Waals surface area contributed by atoms with E-state index in [9.17, 15) is 14.1 Å². The number of esters is 1. The number of allylic oxidation sites excluding steroid dienone is 1. The summed E-state index contributed by atoms with van der Waals surface area (Å²) in [5.74, 6) is -0.320. The normalized spacial score (nSPS) is 14.4. The number of nitrogens with one attached hydrogen (secondary N) is 1. The van der Waals surface area contributed by atoms with Gasteiger partial charge < -0.3 is 15.2 Å². The predicted octanol–water partition coefficient (Wildman–Crippen LogP) is 1.77. The number of aliphatic hydroxyl groups is 1. The minimum atomic E-state index is -2.42. The highest BCUT2D eigenvalue weighted by Crippen LogP contribution is 2.10. The molecule has 5 nitrogen and oxygen atoms in total. The number of thiol groups is 1. The summed E-state index contributed by atoms with van der Waals surface area (Å²) in [4.78, 5) is 12.0. The van der Waals surface area contributed by atoms with E-state index >= 15 is 0 Å². The van der Waals surface area contributed by atoms with Crippen LogP contribution in [0.15, 0.2) is 41.5 Å². The fraction of sp³-hybridized carbons (Fsp3) is 0.438. The highest BCUT2D eigenvalue weighted by molar-refractivity contribution is 8.04. The molecule has 1 rings (SSSR count). The van der Waals surface area contributed by atoms with Crippen molar-refractivity contribution in [2.24, 2.45) is 0 Å². The highest BCUT2D eigenvalue weighted by atomic mass is 32.2. The van der Waals surface area contributed by atoms with Crippen LogP contribution in [0.25, 0.3) is 0 Å². The smallest absolute Gasteiger partial charge is 0.323 e. The van der Waals surface area contributed by atoms with Crippen molar-refractivity contribution in [3.05, 3.63) is 47.1 Å². The number of ether oxygens (including phenoxy) is 1. The quantitative estimate of drug-likeness (QED) is 0.385. The third-order valence-corrected chi connectivity index (χ3v) is 3.93. The van der Waals surface area contributed by atoms with Gasteiger partial charge in [0.2, 0.25) is 0 Å². The molecule has 0 aliphatic rings. The molecule has 0 spiro atoms. The van der Waals surface area contributed by atoms with Gasteiger partial charge in [0.05, 0.1) is 5.76 Å². The maximum Gasteiger partial charge on any atom is 0.323 e. The first-order valence-electron chi connectivity index (χ1n) is 7.15. The number of rotatable bonds is 8. The molecule has 0 aromatic heterocycles. The van der Waals surface area contributed by atoms with Gasteiger partial charge in [0, 0.05) is 11.8 Å². The summed E-state index contributed by atoms with van der Waals surface area (Å²) in [6.07, 6.45) is 3.81. The van der Waals surface area contributed by atoms with Crippen LogP contribution < -0.4 is 5.32 Å². The molecule has 0 fully saturated rings. The minimum absolute atomic E-state index is 0.0458. The van der Waals surface area contributed by atoms with Crippen molar-refractivity contribution in [3.8, 4) is 0 Å². The molecule has 0 saturated heterocycles. The molecule has 0 heterocycles. The van der Waals surface area contributed by atoms with Gasteiger partial charge in [-0.3, -0.25) is 9.00 Å². The lowest BCUT2D eigenvalue weighted by Gasteiger charge is -2.15. The number of carbonyl (C=O) groups excluding carboxylic acids is 1. The Bertz CT molecular complexity index is 551. The van der Waals surface area contributed by atoms with E-state index in [0.717, 1.165) is 5.56 Å². The van der Waals surface area contributed by atoms with E-state index in [4.69, 9.17) is 4.74 Å². The molecule has 0 saturated carbocycles. The lowest BCUT2D eigenvalue weighted by atomic mass is 10.1. The van der Waals surface area contributed by atoms with Gasteiger partial charge in [-0.05, 0) is 31.5 Å². The topological polar surface area (TPSA) is 75.6 Å². The Balaban J connectivity index is 2.48. The number of hydrogen-bond donors (Lipinski definition) is 3. The number of benzene rings is 1. The largest absolute Gasteiger partial charge is 0.512 e. The van der Waals surface area contributed by atoms with E-state index in [1.54, 1.807) is 19.6 Å². The number of likely N-dealkylation sites (N-methyl/N-ethyl adjacent to an activating group) is 1. The molecule has 0 unspecified atom stereocenters. The summed E-state index contributed by atoms with van der Waals surface area (Å²) < 4.78 is 16.8. The first kappa shape index (κ1) is 18.4. The van der Waals surface area contributed by atoms with E-state index < -0.39 is 16.0 Å². The van der Waals surface area contributed by atoms with Gasteiger partial charge in [-0.15, -0.1) is 0 Å². The van der Waals surface area contributed by atoms with Crippen LogP contribution in [0.5, 0.6) is 0 Å². The summed E-state index contributed by atoms with van der Waals surface area (Å²) in [6.45, 7) is 0.221. The fourth-order valence-corrected chi connectivity index (χ4v) is 2.77. The molecule has 0 radical (unpaired) electrons. The Morgan fingerprint density at radius 3 is 2.55 bits per heavy atom. The maximum atomic E-state index is 12.0. The Kier molecular flexibility index (Phi) is 7.27. The van der Waals surface area contributed by atoms with E-state index in [-0.39, 0.29) is 24.8 Å². The Morgan fingerprint density at radius 2 is 2.00 bits per heavy atom. The zero-order valence-electron chi connectivity index (χ0n) is 13.3. The Hall–Kier alpha value is -1.66. The van der Waals surface area contributed by atoms with E-state index in [1.807, 2.05) is 30.3 Å². The average molecular weight is 327 g/mol. The van der Waals surface area contributed by atoms with Crippen molar-refractivity contribution in [3.63, 3.8) is 0 Å². The van der Waals surface area contributed by atoms with Crippen LogP contribution in [-0.2, 0) is 26.1 Å². The van der Waals surface area contributed by atoms with Crippen LogP contribution in [-0.4, -0.2) is 40.9 Å². The van der Waals surface area contributed by atoms with Gasteiger partial charge >= 0.3 is 5.97 Å². The monoisotopic (exact) mass is 327 g/mol. The Labute approximate surface area is 132 Å². The van der Waals surface area contributed by atoms with Crippen LogP contribution >= 0.6 is 0 Å². The van der Waals surface area contributed by atoms with E-state index in [1.165, 1.54) is 5.41 Å². The molecular formula is C16H25NO4S. The summed E-state index contributed by atoms with van der Waals surface area (Å²) in [6, 6.07) is 8.93. The number of carbonyl (C=O) groups is 1. The SMILES string of the molecule is CN[C@@H](CC/C(O)=C/[SH](C)(C)=O)C(=O)OCc1ccccc1. The lowest BCUT2D eigenvalue weighted by molar-refractivity contribution is -0.147. The van der Waals surface area contributed by atoms with Crippen molar-refractivity contribution in [1.82, 2.24) is 5.32 Å². The molecule has 0 amide bonds. The van der Waals surface area contributed by atoms with Crippen LogP contribution in [0.4, 0.5) is 0 Å². The fourth-order valence-electron chi connectivity index (χ4n) is 1.92. The van der Waals surface area contributed by atoms with Gasteiger partial charge in [-0.25, -0.2) is 0 Å². The number of hydrogen-bond acceptors (Lipinski definition) is 5. The van der Waals surface area contributed by atoms with Gasteiger partial charge in [0.25, 0.3) is 0 Å². The first-order chi connectivity index (χ1) is 10.3. The van der Waals surface area contributed by atoms with Crippen molar-refractivity contribution in [2.45, 2.75) is 25.5 Å². The van der Waals surface area contributed by atoms with Crippen molar-refractivity contribution in [1.29, 1.82) is 0 Å². The van der Waals surface area contributed by atoms with Crippen LogP contribution in [0.2, 0.25) is 0 Å². The van der Waals surface area contributed by atoms with Crippen LogP contribution in [0, 0.1) is 0 Å². The molecule has 0 aliphatic heterocycles. The third-order valence-electron chi connectivity index (χ3n) is 3.01. The average Bonchev–Trinajstić information content (AvgIpc) is 2.45. The highest BCUT2D eigenvalue weighted by Gasteiger charge is 2.18. The Morgan fingerprint density at radius 1 is 1.36 bits per heavy atom. The van der Waals surface area contributed by atoms with Gasteiger partial charge in [0.15, 0.2) is 0 Å². The second kappa shape index (κ2) is 8.70. The first-order valence-corrected chi connectivity index (χ1v) is 9.82. The summed E-state index contributed by atoms with van der Waals surface area (Å²) in [5.41, 5.74) is 0.923. The molecule has 1 aromatic carbocycles. The maximum absolute atomic E-state index is 12.0. The molecule has 124 valence electrons. The second-order valence-corrected chi connectivity index (χ2v) is 8.65. The minimum Gasteiger partial charge on any atom is -0.512 e. The van der Waals surface area contributed by atoms with Crippen molar-refractivity contribution < 1.29 is 18.8 Å². The molecular weight excluding hydrogens is 302 g/mol. The number of aliphatic hydroxyl groups excluding tert-OH is 1. The zero-order chi connectivity index (χ0) is 16.6. The van der Waals surface area contributed by atoms with E-state index in [0.29, 0.717) is 6.42 Å². The van der Waals surface area contributed by atoms with Crippen molar-refractivity contribution >= 4 is 15.9 Å². The predicted molar refractivity (Wildman–Crippen MR) is 90.4 cm³/mol. The second-order valence-electron chi connectivity index (χ2n) is 5.53. The molecule has 1 atom stereocenters. The van der Waals surface area contributed by atoms with Crippen molar-refractivity contribution in [2.75, 3.05) is 19.6 Å². The van der Waals surface area contributed by atoms with Gasteiger partial charge in [-0.1, -0.05) is 40.3 Å². The van der Waals surface area contributed by atoms with E-state index in [2.05, 4.69) is 5.32 Å².